The number of aryl methyl sites for hydroxylation is 1. The highest BCUT2D eigenvalue weighted by atomic mass is 127. The molecule has 132 valence electrons. The molecule has 0 aliphatic carbocycles. The van der Waals surface area contributed by atoms with Gasteiger partial charge in [0.2, 0.25) is 0 Å². The van der Waals surface area contributed by atoms with Crippen LogP contribution in [0.2, 0.25) is 0 Å². The fourth-order valence-electron chi connectivity index (χ4n) is 2.73. The first-order valence-electron chi connectivity index (χ1n) is 8.33. The minimum absolute atomic E-state index is 0. The van der Waals surface area contributed by atoms with Crippen LogP contribution in [-0.2, 0) is 13.6 Å². The molecule has 1 aromatic rings. The molecule has 0 spiro atoms. The molecule has 0 bridgehead atoms. The molecule has 1 fully saturated rings. The molecule has 0 aromatic carbocycles. The summed E-state index contributed by atoms with van der Waals surface area (Å²) in [7, 11) is 1.94. The maximum atomic E-state index is 4.62. The van der Waals surface area contributed by atoms with Gasteiger partial charge in [0, 0.05) is 32.7 Å². The van der Waals surface area contributed by atoms with E-state index in [0.717, 1.165) is 18.3 Å². The van der Waals surface area contributed by atoms with E-state index in [4.69, 9.17) is 0 Å². The molecule has 23 heavy (non-hydrogen) atoms. The highest BCUT2D eigenvalue weighted by Gasteiger charge is 2.19. The number of piperidine rings is 1. The van der Waals surface area contributed by atoms with Gasteiger partial charge in [-0.25, -0.2) is 4.99 Å². The van der Waals surface area contributed by atoms with Crippen molar-refractivity contribution in [2.24, 2.45) is 12.0 Å². The molecular weight excluding hydrogens is 405 g/mol. The summed E-state index contributed by atoms with van der Waals surface area (Å²) in [5.41, 5.74) is 0. The van der Waals surface area contributed by atoms with Crippen molar-refractivity contribution in [2.45, 2.75) is 45.7 Å². The average Bonchev–Trinajstić information content (AvgIpc) is 2.92. The van der Waals surface area contributed by atoms with Crippen molar-refractivity contribution in [3.63, 3.8) is 0 Å². The van der Waals surface area contributed by atoms with Gasteiger partial charge in [0.05, 0.1) is 0 Å². The van der Waals surface area contributed by atoms with Crippen molar-refractivity contribution < 1.29 is 0 Å². The van der Waals surface area contributed by atoms with Crippen LogP contribution in [0.4, 0.5) is 0 Å². The van der Waals surface area contributed by atoms with Gasteiger partial charge in [0.1, 0.15) is 12.9 Å². The minimum Gasteiger partial charge on any atom is -0.357 e. The van der Waals surface area contributed by atoms with Crippen LogP contribution in [0.25, 0.3) is 0 Å². The van der Waals surface area contributed by atoms with Crippen LogP contribution in [0, 0.1) is 0 Å². The van der Waals surface area contributed by atoms with Gasteiger partial charge in [0.25, 0.3) is 0 Å². The van der Waals surface area contributed by atoms with Gasteiger partial charge in [-0.15, -0.1) is 34.2 Å². The number of guanidine groups is 1. The van der Waals surface area contributed by atoms with Crippen LogP contribution >= 0.6 is 24.0 Å². The molecule has 0 saturated carbocycles. The Labute approximate surface area is 156 Å². The maximum absolute atomic E-state index is 4.62. The van der Waals surface area contributed by atoms with Crippen LogP contribution < -0.4 is 10.6 Å². The van der Waals surface area contributed by atoms with Crippen LogP contribution in [0.3, 0.4) is 0 Å². The van der Waals surface area contributed by atoms with Gasteiger partial charge in [0.15, 0.2) is 11.8 Å². The zero-order chi connectivity index (χ0) is 15.8. The first-order chi connectivity index (χ1) is 10.7. The number of likely N-dealkylation sites (tertiary alicyclic amines) is 1. The predicted molar refractivity (Wildman–Crippen MR) is 104 cm³/mol. The fraction of sp³-hybridized carbons (Fsp3) is 0.800. The number of hydrogen-bond acceptors (Lipinski definition) is 4. The molecule has 8 heteroatoms. The number of nitrogens with one attached hydrogen (secondary N) is 2. The lowest BCUT2D eigenvalue weighted by molar-refractivity contribution is 0.206. The second-order valence-electron chi connectivity index (χ2n) is 5.81. The van der Waals surface area contributed by atoms with Crippen molar-refractivity contribution in [3.05, 3.63) is 12.2 Å². The predicted octanol–water partition coefficient (Wildman–Crippen LogP) is 1.36. The Balaban J connectivity index is 0.00000264. The third kappa shape index (κ3) is 6.62. The molecule has 0 radical (unpaired) electrons. The summed E-state index contributed by atoms with van der Waals surface area (Å²) in [6.45, 7) is 9.30. The smallest absolute Gasteiger partial charge is 0.191 e. The van der Waals surface area contributed by atoms with Crippen LogP contribution in [0.1, 0.15) is 38.9 Å². The van der Waals surface area contributed by atoms with Crippen LogP contribution in [-0.4, -0.2) is 57.8 Å². The quantitative estimate of drug-likeness (QED) is 0.401. The molecule has 1 aliphatic rings. The zero-order valence-corrected chi connectivity index (χ0v) is 16.8. The molecule has 1 aromatic heterocycles. The van der Waals surface area contributed by atoms with E-state index in [1.165, 1.54) is 38.9 Å². The molecule has 0 unspecified atom stereocenters. The van der Waals surface area contributed by atoms with E-state index in [1.807, 2.05) is 11.6 Å². The summed E-state index contributed by atoms with van der Waals surface area (Å²) in [4.78, 5) is 7.17. The van der Waals surface area contributed by atoms with Crippen molar-refractivity contribution in [1.29, 1.82) is 0 Å². The van der Waals surface area contributed by atoms with E-state index in [9.17, 15) is 0 Å². The summed E-state index contributed by atoms with van der Waals surface area (Å²) in [6.07, 6.45) is 5.29. The molecular formula is C15H30IN7. The van der Waals surface area contributed by atoms with Gasteiger partial charge in [-0.2, -0.15) is 0 Å². The Morgan fingerprint density at radius 2 is 2.09 bits per heavy atom. The molecule has 7 nitrogen and oxygen atoms in total. The molecule has 1 aliphatic heterocycles. The van der Waals surface area contributed by atoms with E-state index in [0.29, 0.717) is 12.6 Å². The number of rotatable bonds is 6. The number of aromatic nitrogens is 3. The lowest BCUT2D eigenvalue weighted by atomic mass is 10.1. The molecule has 2 rings (SSSR count). The summed E-state index contributed by atoms with van der Waals surface area (Å²) in [5, 5.41) is 14.8. The first-order valence-corrected chi connectivity index (χ1v) is 8.33. The normalized spacial score (nSPS) is 16.9. The lowest BCUT2D eigenvalue weighted by Crippen LogP contribution is -2.48. The van der Waals surface area contributed by atoms with E-state index in [-0.39, 0.29) is 24.0 Å². The highest BCUT2D eigenvalue weighted by molar-refractivity contribution is 14.0. The van der Waals surface area contributed by atoms with E-state index < -0.39 is 0 Å². The van der Waals surface area contributed by atoms with Gasteiger partial charge in [-0.1, -0.05) is 6.92 Å². The molecule has 2 heterocycles. The Morgan fingerprint density at radius 1 is 1.35 bits per heavy atom. The van der Waals surface area contributed by atoms with Crippen molar-refractivity contribution in [2.75, 3.05) is 26.2 Å². The van der Waals surface area contributed by atoms with Crippen molar-refractivity contribution in [3.8, 4) is 0 Å². The van der Waals surface area contributed by atoms with Gasteiger partial charge < -0.3 is 20.1 Å². The third-order valence-electron chi connectivity index (χ3n) is 4.00. The summed E-state index contributed by atoms with van der Waals surface area (Å²) >= 11 is 0. The topological polar surface area (TPSA) is 70.4 Å². The largest absolute Gasteiger partial charge is 0.357 e. The van der Waals surface area contributed by atoms with Crippen molar-refractivity contribution in [1.82, 2.24) is 30.3 Å². The standard InChI is InChI=1S/C15H29N7.HI/c1-4-8-22-9-6-13(7-10-22)19-15(16-5-2)17-11-14-20-18-12-21(14)3;/h12-13H,4-11H2,1-3H3,(H2,16,17,19);1H. The zero-order valence-electron chi connectivity index (χ0n) is 14.5. The Kier molecular flexibility index (Phi) is 9.46. The number of nitrogens with zero attached hydrogens (tertiary/aromatic N) is 5. The first kappa shape index (κ1) is 20.1. The fourth-order valence-corrected chi connectivity index (χ4v) is 2.73. The van der Waals surface area contributed by atoms with Crippen LogP contribution in [0.15, 0.2) is 11.3 Å². The highest BCUT2D eigenvalue weighted by Crippen LogP contribution is 2.10. The minimum atomic E-state index is 0. The van der Waals surface area contributed by atoms with E-state index in [2.05, 4.69) is 44.6 Å². The van der Waals surface area contributed by atoms with Gasteiger partial charge >= 0.3 is 0 Å². The second-order valence-corrected chi connectivity index (χ2v) is 5.81. The summed E-state index contributed by atoms with van der Waals surface area (Å²) < 4.78 is 1.90. The summed E-state index contributed by atoms with van der Waals surface area (Å²) in [6, 6.07) is 0.505. The molecule has 1 saturated heterocycles. The molecule has 0 amide bonds. The Bertz CT molecular complexity index is 466. The molecule has 0 atom stereocenters. The van der Waals surface area contributed by atoms with Gasteiger partial charge in [-0.05, 0) is 32.7 Å². The Morgan fingerprint density at radius 3 is 2.65 bits per heavy atom. The maximum Gasteiger partial charge on any atom is 0.191 e. The van der Waals surface area contributed by atoms with Crippen molar-refractivity contribution >= 4 is 29.9 Å². The second kappa shape index (κ2) is 10.8. The number of hydrogen-bond donors (Lipinski definition) is 2. The lowest BCUT2D eigenvalue weighted by Gasteiger charge is -2.32. The monoisotopic (exact) mass is 435 g/mol. The summed E-state index contributed by atoms with van der Waals surface area (Å²) in [5.74, 6) is 1.74. The number of aliphatic imine (C=N–C) groups is 1. The van der Waals surface area contributed by atoms with Gasteiger partial charge in [-0.3, -0.25) is 0 Å². The SMILES string of the molecule is CCCN1CCC(NC(=NCc2nncn2C)NCC)CC1.I. The Hall–Kier alpha value is -0.900. The van der Waals surface area contributed by atoms with E-state index >= 15 is 0 Å². The number of halogens is 1. The average molecular weight is 435 g/mol. The van der Waals surface area contributed by atoms with Crippen LogP contribution in [0.5, 0.6) is 0 Å². The van der Waals surface area contributed by atoms with E-state index in [1.54, 1.807) is 6.33 Å². The third-order valence-corrected chi connectivity index (χ3v) is 4.00. The molecule has 2 N–H and O–H groups in total.